The van der Waals surface area contributed by atoms with Gasteiger partial charge < -0.3 is 10.2 Å². The van der Waals surface area contributed by atoms with Gasteiger partial charge in [-0.1, -0.05) is 41.9 Å². The number of rotatable bonds is 4. The number of nitrogens with zero attached hydrogens (tertiary/aromatic N) is 1. The molecule has 8 heteroatoms. The van der Waals surface area contributed by atoms with Crippen molar-refractivity contribution in [1.29, 1.82) is 0 Å². The summed E-state index contributed by atoms with van der Waals surface area (Å²) in [7, 11) is 0. The van der Waals surface area contributed by atoms with Crippen molar-refractivity contribution in [3.8, 4) is 0 Å². The van der Waals surface area contributed by atoms with Crippen LogP contribution in [0.4, 0.5) is 10.5 Å². The van der Waals surface area contributed by atoms with Crippen LogP contribution in [0.2, 0.25) is 5.02 Å². The number of carbonyl (C=O) groups excluding carboxylic acids is 3. The van der Waals surface area contributed by atoms with Gasteiger partial charge in [-0.15, -0.1) is 0 Å². The Balaban J connectivity index is 1.45. The maximum Gasteiger partial charge on any atom is 0.321 e. The summed E-state index contributed by atoms with van der Waals surface area (Å²) in [5.41, 5.74) is 6.41. The molecule has 1 fully saturated rings. The zero-order valence-corrected chi connectivity index (χ0v) is 16.6. The summed E-state index contributed by atoms with van der Waals surface area (Å²) in [6.45, 7) is 0.892. The van der Waals surface area contributed by atoms with E-state index in [1.165, 1.54) is 0 Å². The van der Waals surface area contributed by atoms with E-state index in [4.69, 9.17) is 11.6 Å². The van der Waals surface area contributed by atoms with E-state index in [1.807, 2.05) is 30.3 Å². The SMILES string of the molecule is O=C(Cc1ccc(Cl)cc1)NNC(=O)C1CCCN(C(=O)Nc2ccccc2)C1. The minimum atomic E-state index is -0.374. The first kappa shape index (κ1) is 20.7. The molecule has 1 atom stereocenters. The molecule has 0 radical (unpaired) electrons. The van der Waals surface area contributed by atoms with Crippen molar-refractivity contribution in [2.45, 2.75) is 19.3 Å². The van der Waals surface area contributed by atoms with Crippen molar-refractivity contribution >= 4 is 35.1 Å². The molecule has 1 saturated heterocycles. The number of halogens is 1. The highest BCUT2D eigenvalue weighted by Gasteiger charge is 2.28. The van der Waals surface area contributed by atoms with Gasteiger partial charge in [-0.25, -0.2) is 4.79 Å². The van der Waals surface area contributed by atoms with Crippen LogP contribution in [-0.4, -0.2) is 35.8 Å². The number of carbonyl (C=O) groups is 3. The zero-order chi connectivity index (χ0) is 20.6. The summed E-state index contributed by atoms with van der Waals surface area (Å²) >= 11 is 5.83. The fourth-order valence-electron chi connectivity index (χ4n) is 3.16. The first-order valence-electron chi connectivity index (χ1n) is 9.45. The smallest absolute Gasteiger partial charge is 0.321 e. The van der Waals surface area contributed by atoms with E-state index >= 15 is 0 Å². The molecule has 0 spiro atoms. The van der Waals surface area contributed by atoms with Crippen molar-refractivity contribution in [3.63, 3.8) is 0 Å². The van der Waals surface area contributed by atoms with Crippen LogP contribution in [0.3, 0.4) is 0 Å². The molecular formula is C21H23ClN4O3. The number of likely N-dealkylation sites (tertiary alicyclic amines) is 1. The Morgan fingerprint density at radius 2 is 1.72 bits per heavy atom. The third-order valence-corrected chi connectivity index (χ3v) is 4.96. The summed E-state index contributed by atoms with van der Waals surface area (Å²) < 4.78 is 0. The van der Waals surface area contributed by atoms with Crippen molar-refractivity contribution in [2.75, 3.05) is 18.4 Å². The van der Waals surface area contributed by atoms with Gasteiger partial charge in [0.05, 0.1) is 12.3 Å². The molecule has 0 aromatic heterocycles. The standard InChI is InChI=1S/C21H23ClN4O3/c22-17-10-8-15(9-11-17)13-19(27)24-25-20(28)16-5-4-12-26(14-16)21(29)23-18-6-2-1-3-7-18/h1-3,6-11,16H,4-5,12-14H2,(H,23,29)(H,24,27)(H,25,28). The lowest BCUT2D eigenvalue weighted by Crippen LogP contribution is -2.50. The Morgan fingerprint density at radius 3 is 2.45 bits per heavy atom. The number of hydrogen-bond donors (Lipinski definition) is 3. The fraction of sp³-hybridized carbons (Fsp3) is 0.286. The van der Waals surface area contributed by atoms with Gasteiger partial charge in [0, 0.05) is 23.8 Å². The molecule has 7 nitrogen and oxygen atoms in total. The molecule has 2 aromatic carbocycles. The average Bonchev–Trinajstić information content (AvgIpc) is 2.74. The van der Waals surface area contributed by atoms with Crippen molar-refractivity contribution in [3.05, 3.63) is 65.2 Å². The van der Waals surface area contributed by atoms with Gasteiger partial charge in [0.25, 0.3) is 0 Å². The molecule has 1 heterocycles. The number of hydrogen-bond acceptors (Lipinski definition) is 3. The number of para-hydroxylation sites is 1. The van der Waals surface area contributed by atoms with Gasteiger partial charge in [0.2, 0.25) is 11.8 Å². The van der Waals surface area contributed by atoms with Crippen LogP contribution < -0.4 is 16.2 Å². The molecular weight excluding hydrogens is 392 g/mol. The highest BCUT2D eigenvalue weighted by molar-refractivity contribution is 6.30. The van der Waals surface area contributed by atoms with Crippen LogP contribution in [-0.2, 0) is 16.0 Å². The summed E-state index contributed by atoms with van der Waals surface area (Å²) in [5, 5.41) is 3.43. The van der Waals surface area contributed by atoms with Crippen molar-refractivity contribution in [2.24, 2.45) is 5.92 Å². The van der Waals surface area contributed by atoms with Gasteiger partial charge in [-0.3, -0.25) is 20.4 Å². The number of hydrazine groups is 1. The lowest BCUT2D eigenvalue weighted by molar-refractivity contribution is -0.131. The topological polar surface area (TPSA) is 90.5 Å². The molecule has 152 valence electrons. The molecule has 2 aromatic rings. The van der Waals surface area contributed by atoms with E-state index < -0.39 is 0 Å². The van der Waals surface area contributed by atoms with Crippen molar-refractivity contribution < 1.29 is 14.4 Å². The number of anilines is 1. The highest BCUT2D eigenvalue weighted by Crippen LogP contribution is 2.18. The molecule has 3 N–H and O–H groups in total. The Morgan fingerprint density at radius 1 is 1.00 bits per heavy atom. The summed E-state index contributed by atoms with van der Waals surface area (Å²) in [6.07, 6.45) is 1.51. The summed E-state index contributed by atoms with van der Waals surface area (Å²) in [5.74, 6) is -0.997. The lowest BCUT2D eigenvalue weighted by atomic mass is 9.98. The molecule has 4 amide bonds. The Hall–Kier alpha value is -3.06. The van der Waals surface area contributed by atoms with E-state index in [0.29, 0.717) is 30.2 Å². The van der Waals surface area contributed by atoms with E-state index in [0.717, 1.165) is 12.0 Å². The number of benzene rings is 2. The molecule has 1 aliphatic heterocycles. The minimum Gasteiger partial charge on any atom is -0.324 e. The van der Waals surface area contributed by atoms with Crippen LogP contribution >= 0.6 is 11.6 Å². The molecule has 29 heavy (non-hydrogen) atoms. The van der Waals surface area contributed by atoms with Crippen LogP contribution in [0, 0.1) is 5.92 Å². The second-order valence-electron chi connectivity index (χ2n) is 6.92. The monoisotopic (exact) mass is 414 g/mol. The van der Waals surface area contributed by atoms with E-state index in [9.17, 15) is 14.4 Å². The van der Waals surface area contributed by atoms with E-state index in [2.05, 4.69) is 16.2 Å². The minimum absolute atomic E-state index is 0.133. The molecule has 1 unspecified atom stereocenters. The highest BCUT2D eigenvalue weighted by atomic mass is 35.5. The van der Waals surface area contributed by atoms with E-state index in [1.54, 1.807) is 29.2 Å². The number of piperidine rings is 1. The predicted octanol–water partition coefficient (Wildman–Crippen LogP) is 2.97. The second kappa shape index (κ2) is 9.93. The fourth-order valence-corrected chi connectivity index (χ4v) is 3.29. The molecule has 0 saturated carbocycles. The third-order valence-electron chi connectivity index (χ3n) is 4.71. The number of amides is 4. The maximum absolute atomic E-state index is 12.4. The van der Waals surface area contributed by atoms with Crippen LogP contribution in [0.1, 0.15) is 18.4 Å². The van der Waals surface area contributed by atoms with Crippen molar-refractivity contribution in [1.82, 2.24) is 15.8 Å². The molecule has 3 rings (SSSR count). The van der Waals surface area contributed by atoms with Gasteiger partial charge in [-0.2, -0.15) is 0 Å². The third kappa shape index (κ3) is 6.22. The summed E-state index contributed by atoms with van der Waals surface area (Å²) in [6, 6.07) is 15.9. The first-order chi connectivity index (χ1) is 14.0. The normalized spacial score (nSPS) is 16.0. The quantitative estimate of drug-likeness (QED) is 0.672. The Kier molecular flexibility index (Phi) is 7.08. The van der Waals surface area contributed by atoms with Crippen LogP contribution in [0.25, 0.3) is 0 Å². The van der Waals surface area contributed by atoms with Gasteiger partial charge >= 0.3 is 6.03 Å². The average molecular weight is 415 g/mol. The van der Waals surface area contributed by atoms with Gasteiger partial charge in [0.15, 0.2) is 0 Å². The molecule has 0 aliphatic carbocycles. The first-order valence-corrected chi connectivity index (χ1v) is 9.83. The van der Waals surface area contributed by atoms with Crippen LogP contribution in [0.5, 0.6) is 0 Å². The van der Waals surface area contributed by atoms with Crippen LogP contribution in [0.15, 0.2) is 54.6 Å². The molecule has 1 aliphatic rings. The second-order valence-corrected chi connectivity index (χ2v) is 7.36. The summed E-state index contributed by atoms with van der Waals surface area (Å²) in [4.78, 5) is 38.5. The number of urea groups is 1. The lowest BCUT2D eigenvalue weighted by Gasteiger charge is -2.32. The maximum atomic E-state index is 12.4. The zero-order valence-electron chi connectivity index (χ0n) is 15.9. The molecule has 0 bridgehead atoms. The van der Waals surface area contributed by atoms with Gasteiger partial charge in [0.1, 0.15) is 0 Å². The number of nitrogens with one attached hydrogen (secondary N) is 3. The Bertz CT molecular complexity index is 858. The predicted molar refractivity (Wildman–Crippen MR) is 111 cm³/mol. The van der Waals surface area contributed by atoms with Gasteiger partial charge in [-0.05, 0) is 42.7 Å². The van der Waals surface area contributed by atoms with E-state index in [-0.39, 0.29) is 30.2 Å². The Labute approximate surface area is 174 Å². The largest absolute Gasteiger partial charge is 0.324 e.